The number of halogens is 3. The molecule has 0 spiro atoms. The van der Waals surface area contributed by atoms with E-state index in [1.807, 2.05) is 12.1 Å². The van der Waals surface area contributed by atoms with Crippen LogP contribution in [0.2, 0.25) is 15.6 Å². The lowest BCUT2D eigenvalue weighted by molar-refractivity contribution is 0.598. The summed E-state index contributed by atoms with van der Waals surface area (Å²) in [7, 11) is -3.58. The van der Waals surface area contributed by atoms with Gasteiger partial charge in [-0.2, -0.15) is 15.0 Å². The Balaban J connectivity index is 0.000000208. The summed E-state index contributed by atoms with van der Waals surface area (Å²) in [4.78, 5) is 11.4. The number of aromatic nitrogens is 3. The molecular weight excluding hydrogens is 435 g/mol. The van der Waals surface area contributed by atoms with Gasteiger partial charge in [0, 0.05) is 5.69 Å². The third-order valence-electron chi connectivity index (χ3n) is 2.91. The van der Waals surface area contributed by atoms with Crippen molar-refractivity contribution < 1.29 is 8.42 Å². The van der Waals surface area contributed by atoms with Gasteiger partial charge in [-0.1, -0.05) is 23.7 Å². The SMILES string of the molecule is Clc1nc(Cl)nc(Nc2ccccc2Cl)n1.Nc1ccc(S(N)(=O)=O)cc1. The number of benzene rings is 2. The summed E-state index contributed by atoms with van der Waals surface area (Å²) in [5, 5.41) is 8.33. The van der Waals surface area contributed by atoms with E-state index < -0.39 is 10.0 Å². The third-order valence-corrected chi connectivity index (χ3v) is 4.51. The second-order valence-electron chi connectivity index (χ2n) is 4.92. The van der Waals surface area contributed by atoms with Crippen LogP contribution in [0.5, 0.6) is 0 Å². The highest BCUT2D eigenvalue weighted by atomic mass is 35.5. The molecule has 142 valence electrons. The first-order chi connectivity index (χ1) is 12.6. The predicted octanol–water partition coefficient (Wildman–Crippen LogP) is 3.49. The largest absolute Gasteiger partial charge is 0.399 e. The molecule has 0 saturated heterocycles. The monoisotopic (exact) mass is 446 g/mol. The molecule has 0 aliphatic carbocycles. The van der Waals surface area contributed by atoms with Gasteiger partial charge in [0.15, 0.2) is 0 Å². The number of hydrogen-bond acceptors (Lipinski definition) is 7. The lowest BCUT2D eigenvalue weighted by atomic mass is 10.3. The van der Waals surface area contributed by atoms with Crippen LogP contribution in [-0.2, 0) is 10.0 Å². The zero-order chi connectivity index (χ0) is 20.0. The smallest absolute Gasteiger partial charge is 0.238 e. The summed E-state index contributed by atoms with van der Waals surface area (Å²) in [6.07, 6.45) is 0. The number of para-hydroxylation sites is 1. The van der Waals surface area contributed by atoms with Gasteiger partial charge in [-0.3, -0.25) is 0 Å². The van der Waals surface area contributed by atoms with Crippen molar-refractivity contribution in [1.82, 2.24) is 15.0 Å². The van der Waals surface area contributed by atoms with Gasteiger partial charge in [-0.05, 0) is 59.6 Å². The number of nitrogen functional groups attached to an aromatic ring is 1. The average Bonchev–Trinajstić information content (AvgIpc) is 2.56. The van der Waals surface area contributed by atoms with Crippen LogP contribution in [0.3, 0.4) is 0 Å². The Hall–Kier alpha value is -2.17. The van der Waals surface area contributed by atoms with Crippen LogP contribution in [0.25, 0.3) is 0 Å². The van der Waals surface area contributed by atoms with Crippen molar-refractivity contribution in [3.05, 3.63) is 64.1 Å². The van der Waals surface area contributed by atoms with Gasteiger partial charge in [0.1, 0.15) is 0 Å². The first-order valence-electron chi connectivity index (χ1n) is 7.12. The molecule has 0 amide bonds. The van der Waals surface area contributed by atoms with E-state index in [4.69, 9.17) is 45.7 Å². The maximum Gasteiger partial charge on any atom is 0.238 e. The normalized spacial score (nSPS) is 10.7. The van der Waals surface area contributed by atoms with Gasteiger partial charge < -0.3 is 11.1 Å². The molecule has 0 atom stereocenters. The van der Waals surface area contributed by atoms with Gasteiger partial charge in [-0.25, -0.2) is 13.6 Å². The molecule has 12 heteroatoms. The first-order valence-corrected chi connectivity index (χ1v) is 9.80. The minimum atomic E-state index is -3.58. The number of anilines is 3. The molecule has 0 saturated carbocycles. The topological polar surface area (TPSA) is 137 Å². The Labute approximate surface area is 170 Å². The molecule has 0 aliphatic heterocycles. The maximum absolute atomic E-state index is 10.7. The van der Waals surface area contributed by atoms with E-state index in [1.165, 1.54) is 24.3 Å². The standard InChI is InChI=1S/C9H5Cl3N4.C6H8N2O2S/c10-5-3-1-2-4-6(5)13-9-15-7(11)14-8(12)16-9;7-5-1-3-6(4-2-5)11(8,9)10/h1-4H,(H,13,14,15,16);1-4H,7H2,(H2,8,9,10). The molecule has 27 heavy (non-hydrogen) atoms. The third kappa shape index (κ3) is 6.81. The molecule has 8 nitrogen and oxygen atoms in total. The fraction of sp³-hybridized carbons (Fsp3) is 0. The van der Waals surface area contributed by atoms with Crippen LogP contribution in [-0.4, -0.2) is 23.4 Å². The number of nitrogens with zero attached hydrogens (tertiary/aromatic N) is 3. The minimum Gasteiger partial charge on any atom is -0.399 e. The Morgan fingerprint density at radius 2 is 1.41 bits per heavy atom. The fourth-order valence-corrected chi connectivity index (χ4v) is 2.78. The highest BCUT2D eigenvalue weighted by molar-refractivity contribution is 7.89. The summed E-state index contributed by atoms with van der Waals surface area (Å²) in [6, 6.07) is 12.9. The fourth-order valence-electron chi connectivity index (χ4n) is 1.72. The lowest BCUT2D eigenvalue weighted by Crippen LogP contribution is -2.11. The van der Waals surface area contributed by atoms with E-state index in [-0.39, 0.29) is 21.4 Å². The number of nitrogens with one attached hydrogen (secondary N) is 1. The Bertz CT molecular complexity index is 1010. The van der Waals surface area contributed by atoms with Crippen molar-refractivity contribution in [2.75, 3.05) is 11.1 Å². The van der Waals surface area contributed by atoms with Gasteiger partial charge in [-0.15, -0.1) is 0 Å². The summed E-state index contributed by atoms with van der Waals surface area (Å²) in [6.45, 7) is 0. The van der Waals surface area contributed by atoms with Crippen LogP contribution in [0.4, 0.5) is 17.3 Å². The summed E-state index contributed by atoms with van der Waals surface area (Å²) >= 11 is 17.2. The molecular formula is C15H13Cl3N6O2S. The van der Waals surface area contributed by atoms with Gasteiger partial charge in [0.25, 0.3) is 0 Å². The van der Waals surface area contributed by atoms with Crippen LogP contribution in [0, 0.1) is 0 Å². The maximum atomic E-state index is 10.7. The first kappa shape index (κ1) is 21.1. The van der Waals surface area contributed by atoms with Gasteiger partial charge in [0.2, 0.25) is 26.5 Å². The highest BCUT2D eigenvalue weighted by Gasteiger charge is 2.06. The Morgan fingerprint density at radius 3 is 1.93 bits per heavy atom. The summed E-state index contributed by atoms with van der Waals surface area (Å²) in [5.74, 6) is 0.248. The van der Waals surface area contributed by atoms with E-state index in [2.05, 4.69) is 20.3 Å². The molecule has 3 aromatic rings. The summed E-state index contributed by atoms with van der Waals surface area (Å²) in [5.41, 5.74) is 6.51. The zero-order valence-electron chi connectivity index (χ0n) is 13.5. The van der Waals surface area contributed by atoms with E-state index in [9.17, 15) is 8.42 Å². The van der Waals surface area contributed by atoms with Crippen LogP contribution < -0.4 is 16.2 Å². The molecule has 2 aromatic carbocycles. The van der Waals surface area contributed by atoms with E-state index in [0.29, 0.717) is 16.4 Å². The second kappa shape index (κ2) is 9.16. The van der Waals surface area contributed by atoms with Crippen molar-refractivity contribution in [2.24, 2.45) is 5.14 Å². The minimum absolute atomic E-state index is 0.0227. The van der Waals surface area contributed by atoms with Crippen molar-refractivity contribution in [1.29, 1.82) is 0 Å². The van der Waals surface area contributed by atoms with Crippen molar-refractivity contribution >= 4 is 62.1 Å². The molecule has 0 unspecified atom stereocenters. The quantitative estimate of drug-likeness (QED) is 0.522. The van der Waals surface area contributed by atoms with Gasteiger partial charge >= 0.3 is 0 Å². The molecule has 3 rings (SSSR count). The molecule has 0 bridgehead atoms. The van der Waals surface area contributed by atoms with E-state index in [0.717, 1.165) is 0 Å². The second-order valence-corrected chi connectivity index (χ2v) is 7.56. The van der Waals surface area contributed by atoms with Crippen LogP contribution in [0.15, 0.2) is 53.4 Å². The van der Waals surface area contributed by atoms with Crippen LogP contribution in [0.1, 0.15) is 0 Å². The van der Waals surface area contributed by atoms with Crippen molar-refractivity contribution in [3.8, 4) is 0 Å². The van der Waals surface area contributed by atoms with E-state index >= 15 is 0 Å². The van der Waals surface area contributed by atoms with E-state index in [1.54, 1.807) is 12.1 Å². The lowest BCUT2D eigenvalue weighted by Gasteiger charge is -2.06. The molecule has 5 N–H and O–H groups in total. The number of sulfonamides is 1. The molecule has 0 radical (unpaired) electrons. The van der Waals surface area contributed by atoms with Crippen molar-refractivity contribution in [2.45, 2.75) is 4.90 Å². The average molecular weight is 448 g/mol. The number of hydrogen-bond donors (Lipinski definition) is 3. The molecule has 0 fully saturated rings. The highest BCUT2D eigenvalue weighted by Crippen LogP contribution is 2.23. The number of primary sulfonamides is 1. The van der Waals surface area contributed by atoms with Gasteiger partial charge in [0.05, 0.1) is 15.6 Å². The molecule has 1 aromatic heterocycles. The molecule has 1 heterocycles. The zero-order valence-corrected chi connectivity index (χ0v) is 16.6. The Morgan fingerprint density at radius 1 is 0.852 bits per heavy atom. The van der Waals surface area contributed by atoms with Crippen molar-refractivity contribution in [3.63, 3.8) is 0 Å². The predicted molar refractivity (Wildman–Crippen MR) is 107 cm³/mol. The number of nitrogens with two attached hydrogens (primary N) is 2. The molecule has 0 aliphatic rings. The van der Waals surface area contributed by atoms with Crippen LogP contribution >= 0.6 is 34.8 Å². The number of rotatable bonds is 3. The Kier molecular flexibility index (Phi) is 7.17. The summed E-state index contributed by atoms with van der Waals surface area (Å²) < 4.78 is 21.4.